The second-order valence-corrected chi connectivity index (χ2v) is 21.8. The average molecular weight is 644 g/mol. The molecule has 0 bridgehead atoms. The van der Waals surface area contributed by atoms with Crippen LogP contribution in [0.5, 0.6) is 0 Å². The summed E-state index contributed by atoms with van der Waals surface area (Å²) < 4.78 is 3.45. The van der Waals surface area contributed by atoms with Crippen LogP contribution in [0.3, 0.4) is 0 Å². The molecule has 222 valence electrons. The van der Waals surface area contributed by atoms with Gasteiger partial charge in [0.2, 0.25) is 0 Å². The van der Waals surface area contributed by atoms with Crippen LogP contribution in [0, 0.1) is 11.8 Å². The van der Waals surface area contributed by atoms with E-state index in [1.807, 2.05) is 0 Å². The van der Waals surface area contributed by atoms with Gasteiger partial charge < -0.3 is 24.8 Å². The second-order valence-electron chi connectivity index (χ2n) is 14.6. The van der Waals surface area contributed by atoms with Gasteiger partial charge in [-0.3, -0.25) is 0 Å². The Bertz CT molecular complexity index is 1620. The first-order valence-corrected chi connectivity index (χ1v) is 20.0. The Morgan fingerprint density at radius 3 is 1.42 bits per heavy atom. The van der Waals surface area contributed by atoms with Crippen LogP contribution in [0.15, 0.2) is 83.9 Å². The Morgan fingerprint density at radius 2 is 1.00 bits per heavy atom. The van der Waals surface area contributed by atoms with Crippen LogP contribution in [0.25, 0.3) is 33.7 Å². The summed E-state index contributed by atoms with van der Waals surface area (Å²) in [6, 6.07) is 28.4. The van der Waals surface area contributed by atoms with E-state index >= 15 is 0 Å². The van der Waals surface area contributed by atoms with Gasteiger partial charge in [0, 0.05) is 0 Å². The molecule has 2 fully saturated rings. The molecule has 0 nitrogen and oxygen atoms in total. The quantitative estimate of drug-likeness (QED) is 0.227. The number of hydrogen-bond acceptors (Lipinski definition) is 0. The predicted molar refractivity (Wildman–Crippen MR) is 174 cm³/mol. The van der Waals surface area contributed by atoms with Crippen molar-refractivity contribution in [1.29, 1.82) is 0 Å². The molecule has 0 amide bonds. The van der Waals surface area contributed by atoms with Crippen LogP contribution in [0.4, 0.5) is 0 Å². The van der Waals surface area contributed by atoms with Crippen LogP contribution in [0.2, 0.25) is 8.45 Å². The van der Waals surface area contributed by atoms with Gasteiger partial charge in [0.25, 0.3) is 0 Å². The Balaban J connectivity index is 0.00000165. The molecule has 4 aromatic rings. The first-order chi connectivity index (χ1) is 20.0. The minimum Gasteiger partial charge on any atom is -1.00 e. The van der Waals surface area contributed by atoms with E-state index in [0.29, 0.717) is 20.3 Å². The third-order valence-corrected chi connectivity index (χ3v) is 22.1. The number of rotatable bonds is 6. The second kappa shape index (κ2) is 11.8. The van der Waals surface area contributed by atoms with Gasteiger partial charge in [0.1, 0.15) is 0 Å². The summed E-state index contributed by atoms with van der Waals surface area (Å²) in [7, 11) is 0. The Morgan fingerprint density at radius 1 is 0.581 bits per heavy atom. The first-order valence-electron chi connectivity index (χ1n) is 16.4. The van der Waals surface area contributed by atoms with Crippen LogP contribution >= 0.6 is 0 Å². The van der Waals surface area contributed by atoms with Gasteiger partial charge in [-0.05, 0) is 0 Å². The molecule has 4 unspecified atom stereocenters. The minimum atomic E-state index is -2.61. The molecule has 4 aliphatic rings. The predicted octanol–water partition coefficient (Wildman–Crippen LogP) is 5.99. The van der Waals surface area contributed by atoms with Crippen molar-refractivity contribution in [3.63, 3.8) is 0 Å². The van der Waals surface area contributed by atoms with Gasteiger partial charge in [-0.25, -0.2) is 0 Å². The Labute approximate surface area is 274 Å². The van der Waals surface area contributed by atoms with Crippen LogP contribution in [-0.2, 0) is 16.6 Å². The van der Waals surface area contributed by atoms with Gasteiger partial charge in [-0.1, -0.05) is 0 Å². The average Bonchev–Trinajstić information content (AvgIpc) is 3.25. The largest absolute Gasteiger partial charge is 1.00 e. The van der Waals surface area contributed by atoms with Gasteiger partial charge in [-0.15, -0.1) is 0 Å². The van der Waals surface area contributed by atoms with Crippen molar-refractivity contribution >= 4 is 33.7 Å². The summed E-state index contributed by atoms with van der Waals surface area (Å²) in [5, 5.41) is 5.76. The Kier molecular flexibility index (Phi) is 8.58. The van der Waals surface area contributed by atoms with E-state index in [9.17, 15) is 0 Å². The van der Waals surface area contributed by atoms with Crippen molar-refractivity contribution in [2.45, 2.75) is 83.1 Å². The summed E-state index contributed by atoms with van der Waals surface area (Å²) in [4.78, 5) is 0. The zero-order valence-corrected chi connectivity index (χ0v) is 29.1. The fraction of sp³-hybridized carbons (Fsp3) is 0.400. The fourth-order valence-corrected chi connectivity index (χ4v) is 24.2. The maximum Gasteiger partial charge on any atom is -1.00 e. The van der Waals surface area contributed by atoms with Crippen LogP contribution in [0.1, 0.15) is 96.9 Å². The van der Waals surface area contributed by atoms with Crippen molar-refractivity contribution < 1.29 is 41.4 Å². The smallest absolute Gasteiger partial charge is 1.00 e. The number of hydrogen-bond donors (Lipinski definition) is 0. The van der Waals surface area contributed by atoms with Gasteiger partial charge >= 0.3 is 251 Å². The molecule has 4 atom stereocenters. The number of fused-ring (bicyclic) bond motifs is 7. The van der Waals surface area contributed by atoms with E-state index in [-0.39, 0.29) is 24.8 Å². The number of halogens is 2. The normalized spacial score (nSPS) is 25.3. The molecule has 1 saturated carbocycles. The minimum absolute atomic E-state index is 0. The third-order valence-electron chi connectivity index (χ3n) is 11.3. The van der Waals surface area contributed by atoms with Gasteiger partial charge in [-0.2, -0.15) is 0 Å². The summed E-state index contributed by atoms with van der Waals surface area (Å²) >= 11 is -2.61. The molecule has 1 aliphatic heterocycles. The molecule has 4 aromatic carbocycles. The maximum absolute atomic E-state index is 2.71. The van der Waals surface area contributed by atoms with Crippen molar-refractivity contribution in [1.82, 2.24) is 0 Å². The van der Waals surface area contributed by atoms with Crippen molar-refractivity contribution in [3.8, 4) is 0 Å². The summed E-state index contributed by atoms with van der Waals surface area (Å²) in [6.07, 6.45) is 13.8. The summed E-state index contributed by atoms with van der Waals surface area (Å²) in [6.45, 7) is 9.78. The fourth-order valence-electron chi connectivity index (χ4n) is 10.1. The van der Waals surface area contributed by atoms with Gasteiger partial charge in [0.05, 0.1) is 0 Å². The molecule has 3 heteroatoms. The standard InChI is InChI=1S/2C17H17.C6H10.2ClH.Ti/c2*1-12(2)9-13-10-15-8-7-14-5-3-4-6-16(14)17(15)11-13;1-2-4-6-5-3-1;;;/h2*3-8,10-12H,9H2,1-2H3;1-2H,3-6H2;2*1H;/q;;;;;+2/p-2. The monoisotopic (exact) mass is 642 g/mol. The SMILES string of the molecule is CC(C)CC1=Cc2c(ccc3ccccc23)[CH]1[Ti+2]1([CH]2C(CC(C)C)=Cc3c2ccc2ccccc32)[CH]2CCCC[CH]21.[Cl-].[Cl-]. The van der Waals surface area contributed by atoms with Crippen molar-refractivity contribution in [2.24, 2.45) is 11.8 Å². The molecule has 3 aliphatic carbocycles. The van der Waals surface area contributed by atoms with E-state index in [1.165, 1.54) is 60.1 Å². The zero-order chi connectivity index (χ0) is 27.9. The summed E-state index contributed by atoms with van der Waals surface area (Å²) in [5.41, 5.74) is 10.2. The van der Waals surface area contributed by atoms with E-state index < -0.39 is 16.6 Å². The molecule has 1 heterocycles. The van der Waals surface area contributed by atoms with Crippen molar-refractivity contribution in [2.75, 3.05) is 0 Å². The van der Waals surface area contributed by atoms with E-state index in [2.05, 4.69) is 113 Å². The van der Waals surface area contributed by atoms with E-state index in [4.69, 9.17) is 0 Å². The third kappa shape index (κ3) is 4.74. The topological polar surface area (TPSA) is 0 Å². The van der Waals surface area contributed by atoms with E-state index in [0.717, 1.165) is 8.45 Å². The molecular weight excluding hydrogens is 599 g/mol. The molecule has 0 N–H and O–H groups in total. The first kappa shape index (κ1) is 31.2. The summed E-state index contributed by atoms with van der Waals surface area (Å²) in [5.74, 6) is 1.38. The molecule has 1 saturated heterocycles. The number of benzene rings is 4. The molecule has 43 heavy (non-hydrogen) atoms. The molecule has 0 radical (unpaired) electrons. The number of allylic oxidation sites excluding steroid dienone is 2. The van der Waals surface area contributed by atoms with Crippen LogP contribution in [-0.4, -0.2) is 0 Å². The van der Waals surface area contributed by atoms with Gasteiger partial charge in [0.15, 0.2) is 0 Å². The molecule has 8 rings (SSSR count). The Hall–Kier alpha value is -1.83. The van der Waals surface area contributed by atoms with Crippen molar-refractivity contribution in [3.05, 3.63) is 106 Å². The molecule has 0 spiro atoms. The molecular formula is C40H44Cl2Ti. The van der Waals surface area contributed by atoms with Crippen LogP contribution < -0.4 is 24.8 Å². The maximum atomic E-state index is 2.71. The zero-order valence-electron chi connectivity index (χ0n) is 26.0. The van der Waals surface area contributed by atoms with E-state index in [1.54, 1.807) is 33.4 Å². The molecule has 0 aromatic heterocycles.